The smallest absolute Gasteiger partial charge is 0.348 e. The summed E-state index contributed by atoms with van der Waals surface area (Å²) < 4.78 is 4.29. The van der Waals surface area contributed by atoms with Crippen molar-refractivity contribution in [1.29, 1.82) is 5.26 Å². The number of nitriles is 1. The lowest BCUT2D eigenvalue weighted by Gasteiger charge is -2.04. The summed E-state index contributed by atoms with van der Waals surface area (Å²) in [5.41, 5.74) is -1.46. The van der Waals surface area contributed by atoms with Crippen LogP contribution in [0.15, 0.2) is 12.1 Å². The minimum absolute atomic E-state index is 0.231. The van der Waals surface area contributed by atoms with Gasteiger partial charge in [0.25, 0.3) is 5.69 Å². The van der Waals surface area contributed by atoms with Crippen LogP contribution in [0, 0.1) is 21.4 Å². The first kappa shape index (κ1) is 11.5. The molecule has 16 heavy (non-hydrogen) atoms. The second kappa shape index (κ2) is 4.27. The fourth-order valence-electron chi connectivity index (χ4n) is 1.13. The minimum atomic E-state index is -1.07. The highest BCUT2D eigenvalue weighted by Gasteiger charge is 2.27. The van der Waals surface area contributed by atoms with E-state index in [1.165, 1.54) is 0 Å². The molecule has 0 aromatic heterocycles. The molecule has 7 nitrogen and oxygen atoms in total. The van der Waals surface area contributed by atoms with E-state index >= 15 is 0 Å². The number of benzene rings is 1. The van der Waals surface area contributed by atoms with E-state index < -0.39 is 27.9 Å². The SMILES string of the molecule is COC(=O)c1c([N+](=O)[O-])ccc(C#N)c1O. The molecule has 0 spiro atoms. The van der Waals surface area contributed by atoms with Gasteiger partial charge in [-0.05, 0) is 6.07 Å². The average molecular weight is 222 g/mol. The molecule has 0 aliphatic rings. The lowest BCUT2D eigenvalue weighted by atomic mass is 10.1. The van der Waals surface area contributed by atoms with Gasteiger partial charge in [0.2, 0.25) is 0 Å². The van der Waals surface area contributed by atoms with Crippen molar-refractivity contribution in [1.82, 2.24) is 0 Å². The van der Waals surface area contributed by atoms with Crippen LogP contribution in [-0.2, 0) is 4.74 Å². The molecule has 0 aliphatic carbocycles. The van der Waals surface area contributed by atoms with E-state index in [0.717, 1.165) is 19.2 Å². The Balaban J connectivity index is 3.56. The standard InChI is InChI=1S/C9H6N2O5/c1-16-9(13)7-6(11(14)15)3-2-5(4-10)8(7)12/h2-3,12H,1H3. The molecular formula is C9H6N2O5. The number of rotatable bonds is 2. The zero-order valence-corrected chi connectivity index (χ0v) is 8.13. The molecular weight excluding hydrogens is 216 g/mol. The molecule has 7 heteroatoms. The molecule has 0 heterocycles. The van der Waals surface area contributed by atoms with Crippen molar-refractivity contribution < 1.29 is 19.6 Å². The van der Waals surface area contributed by atoms with Gasteiger partial charge in [0.1, 0.15) is 6.07 Å². The van der Waals surface area contributed by atoms with Gasteiger partial charge in [-0.15, -0.1) is 0 Å². The number of carbonyl (C=O) groups excluding carboxylic acids is 1. The largest absolute Gasteiger partial charge is 0.505 e. The van der Waals surface area contributed by atoms with Gasteiger partial charge < -0.3 is 9.84 Å². The molecule has 0 aliphatic heterocycles. The number of nitro benzene ring substituents is 1. The highest BCUT2D eigenvalue weighted by Crippen LogP contribution is 2.31. The lowest BCUT2D eigenvalue weighted by molar-refractivity contribution is -0.385. The van der Waals surface area contributed by atoms with E-state index in [4.69, 9.17) is 5.26 Å². The van der Waals surface area contributed by atoms with E-state index in [9.17, 15) is 20.0 Å². The van der Waals surface area contributed by atoms with Gasteiger partial charge in [-0.1, -0.05) is 0 Å². The Hall–Kier alpha value is -2.62. The number of ether oxygens (including phenoxy) is 1. The maximum atomic E-state index is 11.2. The molecule has 82 valence electrons. The van der Waals surface area contributed by atoms with Gasteiger partial charge in [0.15, 0.2) is 11.3 Å². The van der Waals surface area contributed by atoms with Gasteiger partial charge >= 0.3 is 5.97 Å². The van der Waals surface area contributed by atoms with Crippen molar-refractivity contribution in [2.75, 3.05) is 7.11 Å². The maximum Gasteiger partial charge on any atom is 0.348 e. The van der Waals surface area contributed by atoms with Crippen LogP contribution in [0.1, 0.15) is 15.9 Å². The third-order valence-corrected chi connectivity index (χ3v) is 1.86. The van der Waals surface area contributed by atoms with Gasteiger partial charge in [-0.2, -0.15) is 5.26 Å². The van der Waals surface area contributed by atoms with Crippen LogP contribution in [0.2, 0.25) is 0 Å². The number of methoxy groups -OCH3 is 1. The first-order valence-corrected chi connectivity index (χ1v) is 4.01. The number of hydrogen-bond acceptors (Lipinski definition) is 6. The molecule has 1 aromatic rings. The molecule has 1 N–H and O–H groups in total. The summed E-state index contributed by atoms with van der Waals surface area (Å²) in [6.45, 7) is 0. The van der Waals surface area contributed by atoms with Crippen molar-refractivity contribution in [3.05, 3.63) is 33.4 Å². The topological polar surface area (TPSA) is 113 Å². The second-order valence-electron chi connectivity index (χ2n) is 2.72. The van der Waals surface area contributed by atoms with Gasteiger partial charge in [-0.3, -0.25) is 10.1 Å². The number of aromatic hydroxyl groups is 1. The Morgan fingerprint density at radius 3 is 2.69 bits per heavy atom. The monoisotopic (exact) mass is 222 g/mol. The lowest BCUT2D eigenvalue weighted by Crippen LogP contribution is -2.06. The van der Waals surface area contributed by atoms with Crippen molar-refractivity contribution in [3.63, 3.8) is 0 Å². The molecule has 0 unspecified atom stereocenters. The minimum Gasteiger partial charge on any atom is -0.505 e. The third-order valence-electron chi connectivity index (χ3n) is 1.86. The second-order valence-corrected chi connectivity index (χ2v) is 2.72. The van der Waals surface area contributed by atoms with Crippen LogP contribution in [0.5, 0.6) is 5.75 Å². The van der Waals surface area contributed by atoms with E-state index in [0.29, 0.717) is 0 Å². The summed E-state index contributed by atoms with van der Waals surface area (Å²) in [6, 6.07) is 3.62. The Morgan fingerprint density at radius 1 is 1.62 bits per heavy atom. The molecule has 0 saturated heterocycles. The number of carbonyl (C=O) groups is 1. The normalized spacial score (nSPS) is 9.25. The molecule has 0 bridgehead atoms. The Morgan fingerprint density at radius 2 is 2.25 bits per heavy atom. The Kier molecular flexibility index (Phi) is 3.06. The highest BCUT2D eigenvalue weighted by atomic mass is 16.6. The first-order valence-electron chi connectivity index (χ1n) is 4.01. The van der Waals surface area contributed by atoms with Crippen LogP contribution in [-0.4, -0.2) is 23.1 Å². The average Bonchev–Trinajstić information content (AvgIpc) is 2.27. The zero-order valence-electron chi connectivity index (χ0n) is 8.13. The molecule has 0 atom stereocenters. The number of esters is 1. The molecule has 0 amide bonds. The predicted octanol–water partition coefficient (Wildman–Crippen LogP) is 0.959. The summed E-state index contributed by atoms with van der Waals surface area (Å²) in [6.07, 6.45) is 0. The van der Waals surface area contributed by atoms with Crippen LogP contribution in [0.25, 0.3) is 0 Å². The molecule has 0 radical (unpaired) electrons. The number of phenolic OH excluding ortho intramolecular Hbond substituents is 1. The van der Waals surface area contributed by atoms with Gasteiger partial charge in [0.05, 0.1) is 17.6 Å². The van der Waals surface area contributed by atoms with E-state index in [-0.39, 0.29) is 5.56 Å². The van der Waals surface area contributed by atoms with Gasteiger partial charge in [0, 0.05) is 6.07 Å². The summed E-state index contributed by atoms with van der Waals surface area (Å²) in [5.74, 6) is -1.81. The summed E-state index contributed by atoms with van der Waals surface area (Å²) in [5, 5.41) is 28.7. The van der Waals surface area contributed by atoms with Crippen molar-refractivity contribution in [2.45, 2.75) is 0 Å². The summed E-state index contributed by atoms with van der Waals surface area (Å²) in [4.78, 5) is 21.0. The van der Waals surface area contributed by atoms with E-state index in [1.54, 1.807) is 6.07 Å². The number of hydrogen-bond donors (Lipinski definition) is 1. The molecule has 1 rings (SSSR count). The maximum absolute atomic E-state index is 11.2. The van der Waals surface area contributed by atoms with Gasteiger partial charge in [-0.25, -0.2) is 4.79 Å². The molecule has 1 aromatic carbocycles. The van der Waals surface area contributed by atoms with Crippen LogP contribution in [0.4, 0.5) is 5.69 Å². The fourth-order valence-corrected chi connectivity index (χ4v) is 1.13. The number of phenols is 1. The predicted molar refractivity (Wildman–Crippen MR) is 50.8 cm³/mol. The van der Waals surface area contributed by atoms with Crippen molar-refractivity contribution in [3.8, 4) is 11.8 Å². The van der Waals surface area contributed by atoms with E-state index in [1.807, 2.05) is 0 Å². The van der Waals surface area contributed by atoms with Crippen LogP contribution < -0.4 is 0 Å². The number of nitro groups is 1. The van der Waals surface area contributed by atoms with Crippen molar-refractivity contribution >= 4 is 11.7 Å². The fraction of sp³-hybridized carbons (Fsp3) is 0.111. The highest BCUT2D eigenvalue weighted by molar-refractivity contribution is 5.97. The Bertz CT molecular complexity index is 503. The van der Waals surface area contributed by atoms with Crippen molar-refractivity contribution in [2.24, 2.45) is 0 Å². The summed E-state index contributed by atoms with van der Waals surface area (Å²) in [7, 11) is 1.02. The molecule has 0 saturated carbocycles. The van der Waals surface area contributed by atoms with E-state index in [2.05, 4.69) is 4.74 Å². The molecule has 0 fully saturated rings. The van der Waals surface area contributed by atoms with Crippen LogP contribution in [0.3, 0.4) is 0 Å². The first-order chi connectivity index (χ1) is 7.52. The third kappa shape index (κ3) is 1.76. The Labute approximate surface area is 89.6 Å². The zero-order chi connectivity index (χ0) is 12.3. The summed E-state index contributed by atoms with van der Waals surface area (Å²) >= 11 is 0. The van der Waals surface area contributed by atoms with Crippen LogP contribution >= 0.6 is 0 Å². The quantitative estimate of drug-likeness (QED) is 0.452. The number of nitrogens with zero attached hydrogens (tertiary/aromatic N) is 2.